The first-order valence-electron chi connectivity index (χ1n) is 10.8. The highest BCUT2D eigenvalue weighted by molar-refractivity contribution is 5.45. The van der Waals surface area contributed by atoms with Crippen LogP contribution in [0.1, 0.15) is 36.8 Å². The van der Waals surface area contributed by atoms with Crippen LogP contribution in [0, 0.1) is 11.8 Å². The molecule has 2 aliphatic rings. The van der Waals surface area contributed by atoms with Gasteiger partial charge in [-0.05, 0) is 79.3 Å². The molecule has 0 spiro atoms. The van der Waals surface area contributed by atoms with Gasteiger partial charge in [-0.3, -0.25) is 0 Å². The lowest BCUT2D eigenvalue weighted by molar-refractivity contribution is 0.173. The van der Waals surface area contributed by atoms with Crippen LogP contribution in [0.2, 0.25) is 0 Å². The number of hydrogen-bond donors (Lipinski definition) is 2. The van der Waals surface area contributed by atoms with Crippen molar-refractivity contribution in [2.75, 3.05) is 26.8 Å². The van der Waals surface area contributed by atoms with Crippen LogP contribution in [0.25, 0.3) is 0 Å². The smallest absolute Gasteiger partial charge is 0.231 e. The van der Waals surface area contributed by atoms with E-state index in [1.165, 1.54) is 11.1 Å². The summed E-state index contributed by atoms with van der Waals surface area (Å²) >= 11 is 0. The number of benzene rings is 2. The summed E-state index contributed by atoms with van der Waals surface area (Å²) in [5, 5.41) is 19.0. The zero-order valence-electron chi connectivity index (χ0n) is 17.2. The standard InChI is InChI=1S/C24H30O6/c25-9-2-1-3-19(11-17-4-6-21-23(13-17)29-15-27-21)20(8-10-26)12-18-5-7-22-24(14-18)30-16-28-22/h4-7,13-14,19-20,25-26H,1-3,8-12,15-16H2/t19-,20-/m0/s1. The molecule has 30 heavy (non-hydrogen) atoms. The van der Waals surface area contributed by atoms with Crippen molar-refractivity contribution in [1.82, 2.24) is 0 Å². The molecule has 2 aliphatic heterocycles. The van der Waals surface area contributed by atoms with Crippen LogP contribution in [-0.2, 0) is 12.8 Å². The van der Waals surface area contributed by atoms with Gasteiger partial charge in [0.25, 0.3) is 0 Å². The van der Waals surface area contributed by atoms with Crippen molar-refractivity contribution in [2.24, 2.45) is 11.8 Å². The van der Waals surface area contributed by atoms with E-state index in [2.05, 4.69) is 24.3 Å². The molecule has 0 saturated carbocycles. The van der Waals surface area contributed by atoms with Gasteiger partial charge < -0.3 is 29.2 Å². The Labute approximate surface area is 177 Å². The van der Waals surface area contributed by atoms with E-state index >= 15 is 0 Å². The maximum Gasteiger partial charge on any atom is 0.231 e. The first-order chi connectivity index (χ1) is 14.8. The van der Waals surface area contributed by atoms with Crippen molar-refractivity contribution >= 4 is 0 Å². The van der Waals surface area contributed by atoms with Crippen LogP contribution in [-0.4, -0.2) is 37.0 Å². The van der Waals surface area contributed by atoms with Gasteiger partial charge in [0.05, 0.1) is 0 Å². The van der Waals surface area contributed by atoms with E-state index < -0.39 is 0 Å². The first-order valence-corrected chi connectivity index (χ1v) is 10.8. The molecule has 0 amide bonds. The fourth-order valence-electron chi connectivity index (χ4n) is 4.43. The quantitative estimate of drug-likeness (QED) is 0.546. The van der Waals surface area contributed by atoms with E-state index in [0.717, 1.165) is 61.5 Å². The highest BCUT2D eigenvalue weighted by Gasteiger charge is 2.24. The van der Waals surface area contributed by atoms with E-state index in [0.29, 0.717) is 11.8 Å². The molecule has 4 rings (SSSR count). The summed E-state index contributed by atoms with van der Waals surface area (Å²) in [6.07, 6.45) is 5.28. The number of unbranched alkanes of at least 4 members (excludes halogenated alkanes) is 1. The van der Waals surface area contributed by atoms with Crippen molar-refractivity contribution in [3.63, 3.8) is 0 Å². The summed E-state index contributed by atoms with van der Waals surface area (Å²) in [7, 11) is 0. The van der Waals surface area contributed by atoms with Crippen LogP contribution in [0.3, 0.4) is 0 Å². The SMILES string of the molecule is OCCCC[C@@H](Cc1ccc2c(c1)OCO2)[C@@H](CCO)Cc1ccc2c(c1)OCO2. The largest absolute Gasteiger partial charge is 0.454 e. The fourth-order valence-corrected chi connectivity index (χ4v) is 4.43. The second kappa shape index (κ2) is 10.0. The van der Waals surface area contributed by atoms with Crippen molar-refractivity contribution in [1.29, 1.82) is 0 Å². The van der Waals surface area contributed by atoms with E-state index in [-0.39, 0.29) is 26.8 Å². The number of ether oxygens (including phenoxy) is 4. The maximum atomic E-state index is 9.76. The van der Waals surface area contributed by atoms with Gasteiger partial charge in [0.1, 0.15) is 0 Å². The Bertz CT molecular complexity index is 836. The number of aliphatic hydroxyl groups is 2. The van der Waals surface area contributed by atoms with Gasteiger partial charge in [0.15, 0.2) is 23.0 Å². The molecular weight excluding hydrogens is 384 g/mol. The predicted octanol–water partition coefficient (Wildman–Crippen LogP) is 3.71. The van der Waals surface area contributed by atoms with Gasteiger partial charge in [0, 0.05) is 13.2 Å². The third kappa shape index (κ3) is 4.99. The predicted molar refractivity (Wildman–Crippen MR) is 112 cm³/mol. The topological polar surface area (TPSA) is 77.4 Å². The number of aliphatic hydroxyl groups excluding tert-OH is 2. The van der Waals surface area contributed by atoms with Gasteiger partial charge in [-0.15, -0.1) is 0 Å². The molecule has 6 heteroatoms. The Morgan fingerprint density at radius 1 is 0.633 bits per heavy atom. The third-order valence-corrected chi connectivity index (χ3v) is 6.02. The third-order valence-electron chi connectivity index (χ3n) is 6.02. The van der Waals surface area contributed by atoms with E-state index in [9.17, 15) is 10.2 Å². The molecule has 0 fully saturated rings. The van der Waals surface area contributed by atoms with Crippen LogP contribution >= 0.6 is 0 Å². The average molecular weight is 414 g/mol. The lowest BCUT2D eigenvalue weighted by Gasteiger charge is -2.27. The summed E-state index contributed by atoms with van der Waals surface area (Å²) in [6, 6.07) is 12.2. The van der Waals surface area contributed by atoms with Crippen LogP contribution in [0.5, 0.6) is 23.0 Å². The minimum atomic E-state index is 0.160. The molecule has 2 N–H and O–H groups in total. The normalized spacial score (nSPS) is 15.9. The molecule has 2 heterocycles. The van der Waals surface area contributed by atoms with E-state index in [1.807, 2.05) is 12.1 Å². The lowest BCUT2D eigenvalue weighted by atomic mass is 9.78. The molecule has 6 nitrogen and oxygen atoms in total. The molecule has 0 saturated heterocycles. The zero-order chi connectivity index (χ0) is 20.8. The Morgan fingerprint density at radius 2 is 1.17 bits per heavy atom. The van der Waals surface area contributed by atoms with Crippen LogP contribution in [0.15, 0.2) is 36.4 Å². The summed E-state index contributed by atoms with van der Waals surface area (Å²) in [4.78, 5) is 0. The van der Waals surface area contributed by atoms with Crippen molar-refractivity contribution in [3.05, 3.63) is 47.5 Å². The molecule has 2 aromatic carbocycles. The van der Waals surface area contributed by atoms with Gasteiger partial charge in [-0.25, -0.2) is 0 Å². The summed E-state index contributed by atoms with van der Waals surface area (Å²) in [5.41, 5.74) is 2.40. The molecule has 2 atom stereocenters. The second-order valence-corrected chi connectivity index (χ2v) is 8.04. The van der Waals surface area contributed by atoms with Gasteiger partial charge in [-0.1, -0.05) is 18.6 Å². The number of hydrogen-bond acceptors (Lipinski definition) is 6. The van der Waals surface area contributed by atoms with Gasteiger partial charge in [-0.2, -0.15) is 0 Å². The van der Waals surface area contributed by atoms with Crippen molar-refractivity contribution in [2.45, 2.75) is 38.5 Å². The molecule has 0 unspecified atom stereocenters. The second-order valence-electron chi connectivity index (χ2n) is 8.04. The number of fused-ring (bicyclic) bond motifs is 2. The highest BCUT2D eigenvalue weighted by Crippen LogP contribution is 2.37. The first kappa shape index (κ1) is 20.8. The molecular formula is C24H30O6. The summed E-state index contributed by atoms with van der Waals surface area (Å²) in [5.74, 6) is 3.88. The minimum Gasteiger partial charge on any atom is -0.454 e. The van der Waals surface area contributed by atoms with Crippen molar-refractivity contribution < 1.29 is 29.2 Å². The Morgan fingerprint density at radius 3 is 1.70 bits per heavy atom. The highest BCUT2D eigenvalue weighted by atomic mass is 16.7. The molecule has 0 bridgehead atoms. The molecule has 2 aromatic rings. The molecule has 162 valence electrons. The molecule has 0 radical (unpaired) electrons. The minimum absolute atomic E-state index is 0.160. The van der Waals surface area contributed by atoms with Crippen LogP contribution < -0.4 is 18.9 Å². The average Bonchev–Trinajstić information content (AvgIpc) is 3.41. The van der Waals surface area contributed by atoms with E-state index in [4.69, 9.17) is 18.9 Å². The van der Waals surface area contributed by atoms with E-state index in [1.54, 1.807) is 0 Å². The summed E-state index contributed by atoms with van der Waals surface area (Å²) in [6.45, 7) is 0.916. The fraction of sp³-hybridized carbons (Fsp3) is 0.500. The number of rotatable bonds is 11. The Kier molecular flexibility index (Phi) is 6.97. The van der Waals surface area contributed by atoms with Crippen LogP contribution in [0.4, 0.5) is 0 Å². The van der Waals surface area contributed by atoms with Gasteiger partial charge in [0.2, 0.25) is 13.6 Å². The Hall–Kier alpha value is -2.44. The molecule has 0 aromatic heterocycles. The zero-order valence-corrected chi connectivity index (χ0v) is 17.2. The Balaban J connectivity index is 1.51. The maximum absolute atomic E-state index is 9.76. The monoisotopic (exact) mass is 414 g/mol. The van der Waals surface area contributed by atoms with Gasteiger partial charge >= 0.3 is 0 Å². The molecule has 0 aliphatic carbocycles. The summed E-state index contributed by atoms with van der Waals surface area (Å²) < 4.78 is 21.9. The lowest BCUT2D eigenvalue weighted by Crippen LogP contribution is -2.21. The van der Waals surface area contributed by atoms with Crippen molar-refractivity contribution in [3.8, 4) is 23.0 Å².